The van der Waals surface area contributed by atoms with Crippen LogP contribution in [0.3, 0.4) is 0 Å². The number of hydrogen-bond acceptors (Lipinski definition) is 11. The molecule has 4 N–H and O–H groups in total. The molecule has 0 unspecified atom stereocenters. The molecule has 7 rings (SSSR count). The fourth-order valence-electron chi connectivity index (χ4n) is 7.91. The molecule has 3 fully saturated rings. The van der Waals surface area contributed by atoms with Crippen molar-refractivity contribution in [3.05, 3.63) is 40.8 Å². The van der Waals surface area contributed by atoms with E-state index in [2.05, 4.69) is 20.9 Å². The number of alkyl carbamates (subject to hydrolysis) is 1. The number of allylic oxidation sites excluding steroid dienone is 1. The van der Waals surface area contributed by atoms with E-state index in [9.17, 15) is 29.1 Å². The number of carbonyl (C=O) groups is 5. The first-order valence-corrected chi connectivity index (χ1v) is 20.8. The second kappa shape index (κ2) is 17.3. The van der Waals surface area contributed by atoms with Gasteiger partial charge in [-0.2, -0.15) is 0 Å². The number of carboxylic acid groups (broad SMARTS) is 1. The number of benzene rings is 1. The maximum atomic E-state index is 14.6. The largest absolute Gasteiger partial charge is 0.495 e. The zero-order valence-corrected chi connectivity index (χ0v) is 33.5. The Morgan fingerprint density at radius 1 is 1.05 bits per heavy atom. The number of anilines is 1. The number of methoxy groups -OCH3 is 1. The first-order valence-electron chi connectivity index (χ1n) is 19.6. The van der Waals surface area contributed by atoms with Crippen molar-refractivity contribution in [1.29, 1.82) is 0 Å². The van der Waals surface area contributed by atoms with Crippen molar-refractivity contribution in [2.24, 2.45) is 5.92 Å². The first-order chi connectivity index (χ1) is 27.5. The van der Waals surface area contributed by atoms with Gasteiger partial charge in [0.05, 0.1) is 24.9 Å². The van der Waals surface area contributed by atoms with Crippen LogP contribution in [0.1, 0.15) is 84.0 Å². The number of carboxylic acids is 1. The predicted molar refractivity (Wildman–Crippen MR) is 212 cm³/mol. The van der Waals surface area contributed by atoms with Gasteiger partial charge in [-0.05, 0) is 63.5 Å². The average molecular weight is 823 g/mol. The van der Waals surface area contributed by atoms with E-state index in [4.69, 9.17) is 30.8 Å². The van der Waals surface area contributed by atoms with Crippen LogP contribution in [0.5, 0.6) is 11.5 Å². The molecule has 1 aromatic carbocycles. The van der Waals surface area contributed by atoms with E-state index in [1.807, 2.05) is 12.2 Å². The highest BCUT2D eigenvalue weighted by molar-refractivity contribution is 7.14. The minimum Gasteiger partial charge on any atom is -0.495 e. The number of pyridine rings is 1. The second-order valence-electron chi connectivity index (χ2n) is 15.1. The molecule has 1 saturated heterocycles. The van der Waals surface area contributed by atoms with Crippen LogP contribution in [0.25, 0.3) is 22.3 Å². The number of nitrogens with one attached hydrogen (secondary N) is 3. The summed E-state index contributed by atoms with van der Waals surface area (Å²) in [5.74, 6) is -2.09. The van der Waals surface area contributed by atoms with E-state index >= 15 is 0 Å². The van der Waals surface area contributed by atoms with E-state index in [1.165, 1.54) is 23.3 Å². The first kappa shape index (κ1) is 40.2. The summed E-state index contributed by atoms with van der Waals surface area (Å²) in [7, 11) is 1.49. The number of carbonyl (C=O) groups excluding carboxylic acids is 4. The zero-order chi connectivity index (χ0) is 40.3. The highest BCUT2D eigenvalue weighted by Gasteiger charge is 2.61. The molecule has 4 aliphatic rings. The third kappa shape index (κ3) is 8.81. The molecule has 5 atom stereocenters. The van der Waals surface area contributed by atoms with Crippen LogP contribution in [0.2, 0.25) is 5.02 Å². The van der Waals surface area contributed by atoms with Crippen LogP contribution in [0, 0.1) is 5.92 Å². The lowest BCUT2D eigenvalue weighted by Crippen LogP contribution is -2.56. The van der Waals surface area contributed by atoms with Gasteiger partial charge in [-0.15, -0.1) is 11.3 Å². The molecule has 0 radical (unpaired) electrons. The third-order valence-electron chi connectivity index (χ3n) is 11.2. The average Bonchev–Trinajstić information content (AvgIpc) is 3.62. The Morgan fingerprint density at radius 2 is 1.84 bits per heavy atom. The van der Waals surface area contributed by atoms with Crippen molar-refractivity contribution in [3.63, 3.8) is 0 Å². The number of nitrogens with zero attached hydrogens (tertiary/aromatic N) is 3. The van der Waals surface area contributed by atoms with Gasteiger partial charge in [-0.3, -0.25) is 14.4 Å². The van der Waals surface area contributed by atoms with E-state index in [0.717, 1.165) is 44.9 Å². The van der Waals surface area contributed by atoms with Crippen LogP contribution >= 0.6 is 22.9 Å². The monoisotopic (exact) mass is 822 g/mol. The summed E-state index contributed by atoms with van der Waals surface area (Å²) in [6.07, 6.45) is 9.48. The molecule has 17 heteroatoms. The number of ether oxygens (including phenoxy) is 3. The number of rotatable bonds is 9. The summed E-state index contributed by atoms with van der Waals surface area (Å²) < 4.78 is 17.8. The molecule has 2 aliphatic carbocycles. The molecule has 0 spiro atoms. The van der Waals surface area contributed by atoms with E-state index in [0.29, 0.717) is 51.8 Å². The van der Waals surface area contributed by atoms with Crippen LogP contribution in [0.15, 0.2) is 35.7 Å². The van der Waals surface area contributed by atoms with E-state index in [1.54, 1.807) is 30.5 Å². The molecule has 304 valence electrons. The highest BCUT2D eigenvalue weighted by atomic mass is 35.5. The Kier molecular flexibility index (Phi) is 12.2. The summed E-state index contributed by atoms with van der Waals surface area (Å²) in [5.41, 5.74) is -0.280. The molecule has 2 aromatic heterocycles. The second-order valence-corrected chi connectivity index (χ2v) is 16.3. The van der Waals surface area contributed by atoms with Gasteiger partial charge in [-0.25, -0.2) is 19.6 Å². The molecule has 0 bridgehead atoms. The van der Waals surface area contributed by atoms with Crippen LogP contribution in [-0.4, -0.2) is 93.2 Å². The molecular weight excluding hydrogens is 776 g/mol. The summed E-state index contributed by atoms with van der Waals surface area (Å²) in [5, 5.41) is 21.5. The van der Waals surface area contributed by atoms with Crippen LogP contribution in [0.4, 0.5) is 9.93 Å². The highest BCUT2D eigenvalue weighted by Crippen LogP contribution is 2.46. The Hall–Kier alpha value is -4.96. The van der Waals surface area contributed by atoms with Crippen LogP contribution < -0.4 is 25.4 Å². The van der Waals surface area contributed by atoms with Gasteiger partial charge < -0.3 is 40.2 Å². The maximum Gasteiger partial charge on any atom is 0.408 e. The van der Waals surface area contributed by atoms with Gasteiger partial charge in [0.15, 0.2) is 5.13 Å². The van der Waals surface area contributed by atoms with Gasteiger partial charge in [0, 0.05) is 35.6 Å². The summed E-state index contributed by atoms with van der Waals surface area (Å²) in [6, 6.07) is 3.03. The minimum atomic E-state index is -1.49. The molecule has 15 nitrogen and oxygen atoms in total. The fourth-order valence-corrected chi connectivity index (χ4v) is 8.92. The Bertz CT molecular complexity index is 2070. The lowest BCUT2D eigenvalue weighted by atomic mass is 10.0. The smallest absolute Gasteiger partial charge is 0.408 e. The number of thiazole rings is 1. The summed E-state index contributed by atoms with van der Waals surface area (Å²) >= 11 is 8.03. The Morgan fingerprint density at radius 3 is 2.60 bits per heavy atom. The van der Waals surface area contributed by atoms with Crippen molar-refractivity contribution < 1.29 is 43.3 Å². The molecule has 3 aromatic rings. The third-order valence-corrected chi connectivity index (χ3v) is 12.3. The lowest BCUT2D eigenvalue weighted by molar-refractivity contribution is -0.145. The van der Waals surface area contributed by atoms with E-state index < -0.39 is 47.6 Å². The number of halogens is 1. The van der Waals surface area contributed by atoms with Crippen LogP contribution in [-0.2, 0) is 23.9 Å². The van der Waals surface area contributed by atoms with Gasteiger partial charge in [0.1, 0.15) is 52.0 Å². The Balaban J connectivity index is 1.22. The molecule has 2 saturated carbocycles. The maximum absolute atomic E-state index is 14.6. The number of aromatic nitrogens is 2. The molecule has 2 aliphatic heterocycles. The Labute approximate surface area is 338 Å². The minimum absolute atomic E-state index is 0.0277. The van der Waals surface area contributed by atoms with Crippen molar-refractivity contribution in [2.75, 3.05) is 19.0 Å². The quantitative estimate of drug-likeness (QED) is 0.178. The number of fused-ring (bicyclic) bond motifs is 3. The lowest BCUT2D eigenvalue weighted by Gasteiger charge is -2.29. The van der Waals surface area contributed by atoms with Crippen molar-refractivity contribution in [1.82, 2.24) is 25.5 Å². The molecule has 57 heavy (non-hydrogen) atoms. The summed E-state index contributed by atoms with van der Waals surface area (Å²) in [6.45, 7) is 1.70. The number of amides is 4. The predicted octanol–water partition coefficient (Wildman–Crippen LogP) is 6.23. The van der Waals surface area contributed by atoms with Gasteiger partial charge >= 0.3 is 12.1 Å². The SMILES string of the molecule is CCC(=O)Nc1nc(-c2cc(O[C@@H]3C[C@H]4C(=O)N[C@]5(C(=O)O)C[C@@H]5/C=C\CCCCC[C@H](NC(=O)OC5CCCC5)C(=O)N4C3)c3ccc(OC)c(Cl)c3n2)cs1. The molecule has 4 amide bonds. The standard InChI is InChI=1S/C40H47ClN6O9S/c1-3-32(48)45-38-43-28(21-57-38)27-18-31(25-15-16-30(54-2)33(41)34(25)42-27)55-24-17-29-35(49)46-40(37(51)52)19-22(40)11-7-5-4-6-8-14-26(36(50)47(29)20-24)44-39(53)56-23-12-9-10-13-23/h7,11,15-16,18,21-24,26,29H,3-6,8-10,12-14,17,19-20H2,1-2H3,(H,44,53)(H,46,49)(H,51,52)(H,43,45,48)/b11-7-/t22-,24+,26-,29-,40+/m0/s1. The van der Waals surface area contributed by atoms with Crippen molar-refractivity contribution >= 4 is 68.8 Å². The van der Waals surface area contributed by atoms with Gasteiger partial charge in [0.25, 0.3) is 0 Å². The topological polar surface area (TPSA) is 198 Å². The number of hydrogen-bond donors (Lipinski definition) is 4. The fraction of sp³-hybridized carbons (Fsp3) is 0.525. The summed E-state index contributed by atoms with van der Waals surface area (Å²) in [4.78, 5) is 77.3. The van der Waals surface area contributed by atoms with Crippen molar-refractivity contribution in [2.45, 2.75) is 114 Å². The van der Waals surface area contributed by atoms with Crippen molar-refractivity contribution in [3.8, 4) is 22.9 Å². The normalized spacial score (nSPS) is 26.0. The number of aliphatic carboxylic acids is 1. The van der Waals surface area contributed by atoms with Gasteiger partial charge in [-0.1, -0.05) is 43.5 Å². The zero-order valence-electron chi connectivity index (χ0n) is 31.9. The van der Waals surface area contributed by atoms with Gasteiger partial charge in [0.2, 0.25) is 17.7 Å². The molecule has 4 heterocycles. The van der Waals surface area contributed by atoms with E-state index in [-0.39, 0.29) is 48.8 Å². The molecular formula is C40H47ClN6O9S.